The van der Waals surface area contributed by atoms with E-state index in [1.165, 1.54) is 0 Å². The number of nitrogens with one attached hydrogen (secondary N) is 1. The number of hydrogen-bond donors (Lipinski definition) is 3. The van der Waals surface area contributed by atoms with Crippen LogP contribution in [0, 0.1) is 5.21 Å². The third-order valence-corrected chi connectivity index (χ3v) is 11.9. The number of aliphatic hydroxyl groups excluding tert-OH is 2. The zero-order valence-electron chi connectivity index (χ0n) is 48.6. The van der Waals surface area contributed by atoms with Crippen molar-refractivity contribution >= 4 is 43.4 Å². The second kappa shape index (κ2) is 39.8. The third kappa shape index (κ3) is 32.4. The maximum atomic E-state index is 12.1. The number of halogens is 6. The molecule has 4 fully saturated rings. The zero-order valence-corrected chi connectivity index (χ0v) is 49.5. The van der Waals surface area contributed by atoms with Crippen molar-refractivity contribution in [3.05, 3.63) is 23.5 Å². The second-order valence-electron chi connectivity index (χ2n) is 19.3. The van der Waals surface area contributed by atoms with E-state index in [1.54, 1.807) is 38.6 Å². The summed E-state index contributed by atoms with van der Waals surface area (Å²) in [5, 5.41) is 36.0. The van der Waals surface area contributed by atoms with Crippen molar-refractivity contribution < 1.29 is 107 Å². The zero-order chi connectivity index (χ0) is 60.5. The van der Waals surface area contributed by atoms with Crippen LogP contribution in [0.1, 0.15) is 20.8 Å². The molecule has 83 heavy (non-hydrogen) atoms. The fourth-order valence-corrected chi connectivity index (χ4v) is 8.24. The van der Waals surface area contributed by atoms with Crippen LogP contribution in [-0.2, 0) is 52.2 Å². The van der Waals surface area contributed by atoms with Gasteiger partial charge in [-0.05, 0) is 26.0 Å². The summed E-state index contributed by atoms with van der Waals surface area (Å²) in [5.74, 6) is 0.847. The maximum absolute atomic E-state index is 12.1. The number of hydrogen-bond acceptors (Lipinski definition) is 21. The molecular formula is C48H87F6N12O16P. The predicted molar refractivity (Wildman–Crippen MR) is 287 cm³/mol. The summed E-state index contributed by atoms with van der Waals surface area (Å²) in [5.41, 5.74) is 0.994. The van der Waals surface area contributed by atoms with E-state index in [2.05, 4.69) is 32.2 Å². The molecule has 6 rings (SSSR count). The first-order chi connectivity index (χ1) is 38.9. The Kier molecular flexibility index (Phi) is 35.7. The van der Waals surface area contributed by atoms with Crippen LogP contribution in [0.15, 0.2) is 18.3 Å². The van der Waals surface area contributed by atoms with Gasteiger partial charge in [0.2, 0.25) is 11.4 Å². The van der Waals surface area contributed by atoms with E-state index < -0.39 is 8.16 Å². The van der Waals surface area contributed by atoms with Gasteiger partial charge in [-0.2, -0.15) is 0 Å². The minimum Gasteiger partial charge on any atom is -1.00 e. The normalized spacial score (nSPS) is 20.0. The Labute approximate surface area is 480 Å². The van der Waals surface area contributed by atoms with Gasteiger partial charge in [0.25, 0.3) is 0 Å². The number of carbonyl (C=O) groups is 3. The number of piperazine rings is 2. The number of fused-ring (bicyclic) bond motifs is 1. The van der Waals surface area contributed by atoms with E-state index in [4.69, 9.17) is 57.6 Å². The largest absolute Gasteiger partial charge is 1.00 e. The number of rotatable bonds is 24. The molecule has 0 saturated carbocycles. The summed E-state index contributed by atoms with van der Waals surface area (Å²) in [4.78, 5) is 51.7. The first-order valence-corrected chi connectivity index (χ1v) is 28.6. The molecule has 3 amide bonds. The Morgan fingerprint density at radius 1 is 0.711 bits per heavy atom. The fraction of sp³-hybridized carbons (Fsp3) is 0.812. The average molecular weight is 1230 g/mol. The Morgan fingerprint density at radius 3 is 1.61 bits per heavy atom. The molecule has 4 saturated heterocycles. The molecular weight excluding hydrogens is 1150 g/mol. The van der Waals surface area contributed by atoms with Crippen LogP contribution in [0.5, 0.6) is 0 Å². The summed E-state index contributed by atoms with van der Waals surface area (Å²) < 4.78 is 107. The topological polar surface area (TPSA) is 276 Å². The summed E-state index contributed by atoms with van der Waals surface area (Å²) in [6, 6.07) is 3.60. The van der Waals surface area contributed by atoms with Crippen LogP contribution >= 0.6 is 8.16 Å². The Hall–Kier alpha value is -4.68. The molecule has 3 N–H and O–H groups in total. The van der Waals surface area contributed by atoms with Crippen molar-refractivity contribution in [1.29, 1.82) is 0 Å². The number of nitrogens with zero attached hydrogens (tertiary/aromatic N) is 11. The third-order valence-electron chi connectivity index (χ3n) is 11.9. The standard InChI is InChI=1S/C20H37N3O8.C18H35N3O7.C10H15N6O.F5P.FH/c1-17-13-23(18(2)25)14-19(31-17)15-29-16-21-3-5-22(6-4-21)20(26)30-12-11-28-10-9-27-8-7-24;1-16-12-19-13-17(28-16)14-26-15-20-2-4-21(5-3-20)18(23)27-11-10-25-9-8-24-7-6-22;1-13(2)10(14(3)4)15-8-6-5-7-11-9(8)16(17)12-15;1-6(2,3,4)5;/h17,19,24H,3-16H2,1-2H3;16-17,19,22H,2-15H2,1H3;5-7H,1-4H3;;1H/q;;+1;;/p-1/t17-,19-;16-,17-;;;/m00.../s1. The smallest absolute Gasteiger partial charge is 1.00 e. The Morgan fingerprint density at radius 2 is 1.17 bits per heavy atom. The minimum absolute atomic E-state index is 0. The molecule has 0 spiro atoms. The molecule has 0 unspecified atom stereocenters. The number of morpholine rings is 2. The van der Waals surface area contributed by atoms with E-state index in [-0.39, 0.29) is 73.6 Å². The molecule has 0 aliphatic carbocycles. The van der Waals surface area contributed by atoms with Gasteiger partial charge in [-0.15, -0.1) is 9.83 Å². The van der Waals surface area contributed by atoms with Crippen LogP contribution in [0.3, 0.4) is 0 Å². The molecule has 6 heterocycles. The predicted octanol–water partition coefficient (Wildman–Crippen LogP) is -2.44. The molecule has 482 valence electrons. The number of amides is 3. The van der Waals surface area contributed by atoms with Crippen molar-refractivity contribution in [2.45, 2.75) is 45.2 Å². The van der Waals surface area contributed by atoms with E-state index in [0.717, 1.165) is 32.1 Å². The quantitative estimate of drug-likeness (QED) is 0.0187. The van der Waals surface area contributed by atoms with Crippen molar-refractivity contribution in [1.82, 2.24) is 49.6 Å². The molecule has 4 aliphatic rings. The summed E-state index contributed by atoms with van der Waals surface area (Å²) >= 11 is 0. The molecule has 0 bridgehead atoms. The van der Waals surface area contributed by atoms with Gasteiger partial charge >= 0.3 is 52.9 Å². The molecule has 4 aliphatic heterocycles. The van der Waals surface area contributed by atoms with Crippen LogP contribution in [-0.4, -0.2) is 320 Å². The molecule has 0 aromatic carbocycles. The second-order valence-corrected chi connectivity index (χ2v) is 20.6. The Bertz CT molecular complexity index is 2150. The molecule has 28 nitrogen and oxygen atoms in total. The van der Waals surface area contributed by atoms with Gasteiger partial charge in [0, 0.05) is 90.7 Å². The van der Waals surface area contributed by atoms with Crippen LogP contribution < -0.4 is 14.9 Å². The van der Waals surface area contributed by atoms with Gasteiger partial charge in [0.1, 0.15) is 19.4 Å². The molecule has 2 aromatic heterocycles. The van der Waals surface area contributed by atoms with Crippen LogP contribution in [0.25, 0.3) is 11.2 Å². The summed E-state index contributed by atoms with van der Waals surface area (Å²) in [6.45, 7) is 19.1. The number of carbonyl (C=O) groups excluding carboxylic acids is 3. The van der Waals surface area contributed by atoms with Crippen LogP contribution in [0.4, 0.5) is 30.6 Å². The maximum Gasteiger partial charge on any atom is -1.00 e. The molecule has 0 radical (unpaired) electrons. The van der Waals surface area contributed by atoms with Gasteiger partial charge < -0.3 is 87.5 Å². The van der Waals surface area contributed by atoms with E-state index >= 15 is 0 Å². The number of aliphatic hydroxyl groups is 2. The molecule has 2 aromatic rings. The van der Waals surface area contributed by atoms with Crippen molar-refractivity contribution in [3.63, 3.8) is 0 Å². The summed E-state index contributed by atoms with van der Waals surface area (Å²) in [6.07, 6.45) is 1.14. The van der Waals surface area contributed by atoms with Crippen molar-refractivity contribution in [2.24, 2.45) is 0 Å². The van der Waals surface area contributed by atoms with Gasteiger partial charge in [-0.3, -0.25) is 24.1 Å². The SMILES string of the molecule is CC(=O)N1C[C@@H](COCN2CCN(C(=O)OCCOCCOCCO)CC2)O[C@@H](C)C1.CN(C)C(n1n[n+]([O-])c2ncccc21)=[N+](C)C.C[C@H]1CNC[C@@H](COCN2CCN(C(=O)OCCOCCOCCO)CC2)O1.FP(F)(F)(F)F.[F-]. The monoisotopic (exact) mass is 1230 g/mol. The van der Waals surface area contributed by atoms with Crippen molar-refractivity contribution in [2.75, 3.05) is 213 Å². The molecule has 35 heteroatoms. The van der Waals surface area contributed by atoms with E-state index in [1.807, 2.05) is 50.7 Å². The van der Waals surface area contributed by atoms with Gasteiger partial charge in [0.15, 0.2) is 0 Å². The number of aromatic nitrogens is 4. The van der Waals surface area contributed by atoms with E-state index in [0.29, 0.717) is 148 Å². The minimum atomic E-state index is -8.55. The number of ether oxygens (including phenoxy) is 10. The average Bonchev–Trinajstić information content (AvgIpc) is 4.02. The van der Waals surface area contributed by atoms with Gasteiger partial charge in [-0.1, -0.05) is 4.68 Å². The van der Waals surface area contributed by atoms with Crippen molar-refractivity contribution in [3.8, 4) is 0 Å². The summed E-state index contributed by atoms with van der Waals surface area (Å²) in [7, 11) is -0.961. The fourth-order valence-electron chi connectivity index (χ4n) is 8.24. The van der Waals surface area contributed by atoms with Gasteiger partial charge in [0.05, 0.1) is 145 Å². The first kappa shape index (κ1) is 74.4. The van der Waals surface area contributed by atoms with Crippen LogP contribution in [0.2, 0.25) is 0 Å². The van der Waals surface area contributed by atoms with Gasteiger partial charge in [-0.25, -0.2) is 9.59 Å². The molecule has 4 atom stereocenters. The van der Waals surface area contributed by atoms with E-state index in [9.17, 15) is 40.6 Å². The first-order valence-electron chi connectivity index (χ1n) is 26.9. The Balaban J connectivity index is 0.000000414. The number of pyridine rings is 1.